The van der Waals surface area contributed by atoms with Gasteiger partial charge in [0.2, 0.25) is 0 Å². The number of nitrogens with one attached hydrogen (secondary N) is 1. The molecule has 4 heteroatoms. The Kier molecular flexibility index (Phi) is 4.95. The monoisotopic (exact) mass is 254 g/mol. The fraction of sp³-hybridized carbons (Fsp3) is 0.769. The second kappa shape index (κ2) is 6.47. The molecule has 3 nitrogen and oxygen atoms in total. The van der Waals surface area contributed by atoms with Crippen LogP contribution >= 0.6 is 11.3 Å². The van der Waals surface area contributed by atoms with Crippen molar-refractivity contribution in [3.8, 4) is 0 Å². The molecule has 1 fully saturated rings. The Morgan fingerprint density at radius 2 is 2.29 bits per heavy atom. The van der Waals surface area contributed by atoms with E-state index in [1.54, 1.807) is 11.3 Å². The number of ether oxygens (including phenoxy) is 1. The zero-order valence-corrected chi connectivity index (χ0v) is 11.6. The van der Waals surface area contributed by atoms with Crippen molar-refractivity contribution in [3.05, 3.63) is 16.1 Å². The Morgan fingerprint density at radius 1 is 1.53 bits per heavy atom. The summed E-state index contributed by atoms with van der Waals surface area (Å²) in [6.45, 7) is 3.95. The number of thiazole rings is 1. The van der Waals surface area contributed by atoms with Crippen LogP contribution in [0.4, 0.5) is 0 Å². The lowest BCUT2D eigenvalue weighted by molar-refractivity contribution is 0.0608. The Labute approximate surface area is 108 Å². The fourth-order valence-electron chi connectivity index (χ4n) is 2.44. The summed E-state index contributed by atoms with van der Waals surface area (Å²) in [7, 11) is 2.06. The first-order valence-corrected chi connectivity index (χ1v) is 7.32. The van der Waals surface area contributed by atoms with Crippen molar-refractivity contribution in [2.24, 2.45) is 5.92 Å². The lowest BCUT2D eigenvalue weighted by Gasteiger charge is -2.26. The van der Waals surface area contributed by atoms with Crippen molar-refractivity contribution in [1.29, 1.82) is 0 Å². The largest absolute Gasteiger partial charge is 0.381 e. The molecule has 1 N–H and O–H groups in total. The summed E-state index contributed by atoms with van der Waals surface area (Å²) in [5, 5.41) is 6.78. The number of aromatic nitrogens is 1. The van der Waals surface area contributed by atoms with Crippen LogP contribution in [0.25, 0.3) is 0 Å². The molecule has 0 spiro atoms. The molecule has 1 saturated heterocycles. The summed E-state index contributed by atoms with van der Waals surface area (Å²) in [6.07, 6.45) is 4.73. The van der Waals surface area contributed by atoms with Gasteiger partial charge in [-0.1, -0.05) is 0 Å². The molecule has 0 amide bonds. The van der Waals surface area contributed by atoms with Crippen LogP contribution in [0.5, 0.6) is 0 Å². The average molecular weight is 254 g/mol. The van der Waals surface area contributed by atoms with E-state index < -0.39 is 0 Å². The molecule has 1 aromatic rings. The summed E-state index contributed by atoms with van der Waals surface area (Å²) in [5.74, 6) is 0.820. The molecule has 1 aromatic heterocycles. The van der Waals surface area contributed by atoms with Crippen molar-refractivity contribution in [3.63, 3.8) is 0 Å². The molecule has 96 valence electrons. The highest BCUT2D eigenvalue weighted by Gasteiger charge is 2.19. The quantitative estimate of drug-likeness (QED) is 0.876. The van der Waals surface area contributed by atoms with Crippen LogP contribution in [0.1, 0.15) is 30.0 Å². The van der Waals surface area contributed by atoms with Gasteiger partial charge in [-0.2, -0.15) is 0 Å². The third-order valence-electron chi connectivity index (χ3n) is 3.49. The van der Waals surface area contributed by atoms with Gasteiger partial charge in [-0.05, 0) is 39.2 Å². The molecule has 0 saturated carbocycles. The van der Waals surface area contributed by atoms with Crippen LogP contribution in [0, 0.1) is 12.8 Å². The van der Waals surface area contributed by atoms with Crippen LogP contribution in [-0.2, 0) is 11.2 Å². The topological polar surface area (TPSA) is 34.2 Å². The van der Waals surface area contributed by atoms with Gasteiger partial charge < -0.3 is 10.1 Å². The predicted octanol–water partition coefficient (Wildman–Crippen LogP) is 2.40. The van der Waals surface area contributed by atoms with Gasteiger partial charge in [0.25, 0.3) is 0 Å². The summed E-state index contributed by atoms with van der Waals surface area (Å²) < 4.78 is 5.41. The zero-order chi connectivity index (χ0) is 12.1. The molecule has 2 rings (SSSR count). The average Bonchev–Trinajstić information content (AvgIpc) is 2.75. The highest BCUT2D eigenvalue weighted by molar-refractivity contribution is 7.09. The highest BCUT2D eigenvalue weighted by Crippen LogP contribution is 2.21. The number of likely N-dealkylation sites (N-methyl/N-ethyl adjacent to an activating group) is 1. The van der Waals surface area contributed by atoms with E-state index in [0.29, 0.717) is 6.04 Å². The predicted molar refractivity (Wildman–Crippen MR) is 71.6 cm³/mol. The molecule has 17 heavy (non-hydrogen) atoms. The molecule has 1 atom stereocenters. The molecule has 0 aromatic carbocycles. The molecule has 1 aliphatic heterocycles. The first kappa shape index (κ1) is 13.0. The standard InChI is InChI=1S/C13H22N2OS/c1-10-15-13(9-17-10)8-12(14-2)7-11-3-5-16-6-4-11/h9,11-12,14H,3-8H2,1-2H3. The van der Waals surface area contributed by atoms with Crippen LogP contribution in [0.2, 0.25) is 0 Å². The van der Waals surface area contributed by atoms with Gasteiger partial charge in [0.1, 0.15) is 0 Å². The molecule has 0 radical (unpaired) electrons. The summed E-state index contributed by atoms with van der Waals surface area (Å²) in [6, 6.07) is 0.555. The number of rotatable bonds is 5. The summed E-state index contributed by atoms with van der Waals surface area (Å²) in [4.78, 5) is 4.55. The Hall–Kier alpha value is -0.450. The molecular formula is C13H22N2OS. The van der Waals surface area contributed by atoms with Crippen molar-refractivity contribution >= 4 is 11.3 Å². The van der Waals surface area contributed by atoms with E-state index in [2.05, 4.69) is 29.7 Å². The molecule has 2 heterocycles. The van der Waals surface area contributed by atoms with Gasteiger partial charge in [0.15, 0.2) is 0 Å². The molecular weight excluding hydrogens is 232 g/mol. The van der Waals surface area contributed by atoms with Gasteiger partial charge in [0, 0.05) is 31.1 Å². The van der Waals surface area contributed by atoms with E-state index >= 15 is 0 Å². The Bertz CT molecular complexity index is 334. The van der Waals surface area contributed by atoms with E-state index in [1.807, 2.05) is 0 Å². The van der Waals surface area contributed by atoms with Crippen LogP contribution in [0.3, 0.4) is 0 Å². The van der Waals surface area contributed by atoms with E-state index in [9.17, 15) is 0 Å². The molecule has 0 bridgehead atoms. The van der Waals surface area contributed by atoms with E-state index in [-0.39, 0.29) is 0 Å². The maximum Gasteiger partial charge on any atom is 0.0897 e. The summed E-state index contributed by atoms with van der Waals surface area (Å²) in [5.41, 5.74) is 1.24. The maximum atomic E-state index is 5.41. The minimum absolute atomic E-state index is 0.555. The lowest BCUT2D eigenvalue weighted by Crippen LogP contribution is -2.32. The van der Waals surface area contributed by atoms with Crippen molar-refractivity contribution in [2.45, 2.75) is 38.6 Å². The van der Waals surface area contributed by atoms with Crippen LogP contribution in [-0.4, -0.2) is 31.3 Å². The minimum atomic E-state index is 0.555. The lowest BCUT2D eigenvalue weighted by atomic mass is 9.91. The third-order valence-corrected chi connectivity index (χ3v) is 4.31. The number of aryl methyl sites for hydroxylation is 1. The van der Waals surface area contributed by atoms with Crippen LogP contribution < -0.4 is 5.32 Å². The minimum Gasteiger partial charge on any atom is -0.381 e. The Balaban J connectivity index is 1.83. The highest BCUT2D eigenvalue weighted by atomic mass is 32.1. The van der Waals surface area contributed by atoms with Crippen LogP contribution in [0.15, 0.2) is 5.38 Å². The number of hydrogen-bond donors (Lipinski definition) is 1. The molecule has 0 aliphatic carbocycles. The van der Waals surface area contributed by atoms with Gasteiger partial charge in [-0.3, -0.25) is 0 Å². The van der Waals surface area contributed by atoms with E-state index in [0.717, 1.165) is 25.6 Å². The molecule has 1 aliphatic rings. The zero-order valence-electron chi connectivity index (χ0n) is 10.7. The second-order valence-corrected chi connectivity index (χ2v) is 5.90. The maximum absolute atomic E-state index is 5.41. The number of nitrogens with zero attached hydrogens (tertiary/aromatic N) is 1. The summed E-state index contributed by atoms with van der Waals surface area (Å²) >= 11 is 1.74. The van der Waals surface area contributed by atoms with E-state index in [1.165, 1.54) is 30.0 Å². The van der Waals surface area contributed by atoms with Gasteiger partial charge >= 0.3 is 0 Å². The fourth-order valence-corrected chi connectivity index (χ4v) is 3.07. The second-order valence-electron chi connectivity index (χ2n) is 4.84. The van der Waals surface area contributed by atoms with Crippen molar-refractivity contribution in [2.75, 3.05) is 20.3 Å². The smallest absolute Gasteiger partial charge is 0.0897 e. The first-order valence-electron chi connectivity index (χ1n) is 6.44. The van der Waals surface area contributed by atoms with Gasteiger partial charge in [0.05, 0.1) is 10.7 Å². The molecule has 1 unspecified atom stereocenters. The first-order chi connectivity index (χ1) is 8.28. The Morgan fingerprint density at radius 3 is 2.88 bits per heavy atom. The van der Waals surface area contributed by atoms with Gasteiger partial charge in [-0.15, -0.1) is 11.3 Å². The van der Waals surface area contributed by atoms with Crippen molar-refractivity contribution in [1.82, 2.24) is 10.3 Å². The van der Waals surface area contributed by atoms with Gasteiger partial charge in [-0.25, -0.2) is 4.98 Å². The third kappa shape index (κ3) is 4.05. The normalized spacial score (nSPS) is 19.4. The SMILES string of the molecule is CNC(Cc1csc(C)n1)CC1CCOCC1. The van der Waals surface area contributed by atoms with Crippen molar-refractivity contribution < 1.29 is 4.74 Å². The van der Waals surface area contributed by atoms with E-state index in [4.69, 9.17) is 4.74 Å². The number of hydrogen-bond acceptors (Lipinski definition) is 4.